The number of carbonyl (C=O) groups excluding carboxylic acids is 1. The molecule has 1 amide bonds. The van der Waals surface area contributed by atoms with Crippen LogP contribution in [0.15, 0.2) is 89.6 Å². The van der Waals surface area contributed by atoms with Gasteiger partial charge in [0.15, 0.2) is 0 Å². The molecule has 5 rings (SSSR count). The van der Waals surface area contributed by atoms with Gasteiger partial charge in [0.25, 0.3) is 0 Å². The van der Waals surface area contributed by atoms with Crippen molar-refractivity contribution < 1.29 is 14.3 Å². The molecular formula is C32H35ClN4O3. The van der Waals surface area contributed by atoms with Crippen molar-refractivity contribution in [2.24, 2.45) is 11.7 Å². The van der Waals surface area contributed by atoms with Crippen molar-refractivity contribution in [3.8, 4) is 22.5 Å². The Labute approximate surface area is 240 Å². The molecular weight excluding hydrogens is 524 g/mol. The Balaban J connectivity index is 1.07. The van der Waals surface area contributed by atoms with Crippen molar-refractivity contribution in [2.45, 2.75) is 25.5 Å². The van der Waals surface area contributed by atoms with Gasteiger partial charge in [-0.05, 0) is 72.0 Å². The van der Waals surface area contributed by atoms with Gasteiger partial charge in [0, 0.05) is 61.6 Å². The van der Waals surface area contributed by atoms with Gasteiger partial charge in [-0.2, -0.15) is 0 Å². The summed E-state index contributed by atoms with van der Waals surface area (Å²) in [6.07, 6.45) is 3.81. The first-order valence-electron chi connectivity index (χ1n) is 13.7. The SMILES string of the molecule is NC(=O)[C@H](Cc1ccc(-c2cccnc2)cc1)C[C@H](O)CN1CCN(Cc2ccc(-c3ccc(Cl)cc3)o2)CC1. The molecule has 0 aliphatic carbocycles. The standard InChI is InChI=1S/C32H35ClN4O3/c33-28-9-7-25(8-10-28)31-12-11-30(40-31)22-37-16-14-36(15-17-37)21-29(38)19-27(32(34)39)18-23-3-5-24(6-4-23)26-2-1-13-35-20-26/h1-13,20,27,29,38H,14-19,21-22H2,(H2,34,39)/t27-,29+/m1/s1. The second-order valence-electron chi connectivity index (χ2n) is 10.5. The van der Waals surface area contributed by atoms with E-state index in [1.807, 2.05) is 79.0 Å². The van der Waals surface area contributed by atoms with Crippen LogP contribution in [0.2, 0.25) is 5.02 Å². The van der Waals surface area contributed by atoms with Crippen LogP contribution in [0.4, 0.5) is 0 Å². The van der Waals surface area contributed by atoms with E-state index in [-0.39, 0.29) is 5.91 Å². The number of aliphatic hydroxyl groups is 1. The molecule has 2 aromatic carbocycles. The van der Waals surface area contributed by atoms with E-state index in [2.05, 4.69) is 14.8 Å². The van der Waals surface area contributed by atoms with E-state index in [0.29, 0.717) is 24.4 Å². The lowest BCUT2D eigenvalue weighted by Gasteiger charge is -2.35. The summed E-state index contributed by atoms with van der Waals surface area (Å²) in [6.45, 7) is 4.72. The maximum atomic E-state index is 12.2. The van der Waals surface area contributed by atoms with E-state index in [4.69, 9.17) is 21.8 Å². The minimum atomic E-state index is -0.620. The van der Waals surface area contributed by atoms with Gasteiger partial charge in [-0.15, -0.1) is 0 Å². The van der Waals surface area contributed by atoms with Crippen molar-refractivity contribution in [1.29, 1.82) is 0 Å². The lowest BCUT2D eigenvalue weighted by Crippen LogP contribution is -2.48. The maximum absolute atomic E-state index is 12.2. The molecule has 7 nitrogen and oxygen atoms in total. The summed E-state index contributed by atoms with van der Waals surface area (Å²) in [5.41, 5.74) is 9.87. The van der Waals surface area contributed by atoms with Crippen LogP contribution in [0.25, 0.3) is 22.5 Å². The molecule has 4 aromatic rings. The quantitative estimate of drug-likeness (QED) is 0.272. The molecule has 40 heavy (non-hydrogen) atoms. The first kappa shape index (κ1) is 28.1. The molecule has 2 aromatic heterocycles. The highest BCUT2D eigenvalue weighted by Gasteiger charge is 2.24. The molecule has 2 atom stereocenters. The van der Waals surface area contributed by atoms with Crippen LogP contribution >= 0.6 is 11.6 Å². The zero-order chi connectivity index (χ0) is 27.9. The van der Waals surface area contributed by atoms with Crippen molar-refractivity contribution >= 4 is 17.5 Å². The summed E-state index contributed by atoms with van der Waals surface area (Å²) in [5, 5.41) is 11.5. The van der Waals surface area contributed by atoms with Crippen LogP contribution in [0, 0.1) is 5.92 Å². The zero-order valence-corrected chi connectivity index (χ0v) is 23.2. The molecule has 0 radical (unpaired) electrons. The van der Waals surface area contributed by atoms with Gasteiger partial charge < -0.3 is 15.3 Å². The van der Waals surface area contributed by atoms with E-state index in [1.54, 1.807) is 6.20 Å². The molecule has 0 spiro atoms. The number of piperazine rings is 1. The highest BCUT2D eigenvalue weighted by atomic mass is 35.5. The highest BCUT2D eigenvalue weighted by Crippen LogP contribution is 2.25. The molecule has 0 saturated carbocycles. The summed E-state index contributed by atoms with van der Waals surface area (Å²) in [4.78, 5) is 21.0. The number of aromatic nitrogens is 1. The molecule has 1 aliphatic rings. The normalized spacial score (nSPS) is 16.1. The Hall–Kier alpha value is -3.49. The number of β-amino-alcohol motifs (C(OH)–C–C–N with tert-alkyl or cyclic N) is 1. The van der Waals surface area contributed by atoms with E-state index in [1.165, 1.54) is 0 Å². The number of aliphatic hydroxyl groups excluding tert-OH is 1. The number of hydrogen-bond donors (Lipinski definition) is 2. The third-order valence-corrected chi connectivity index (χ3v) is 7.75. The van der Waals surface area contributed by atoms with E-state index >= 15 is 0 Å². The highest BCUT2D eigenvalue weighted by molar-refractivity contribution is 6.30. The number of hydrogen-bond acceptors (Lipinski definition) is 6. The smallest absolute Gasteiger partial charge is 0.220 e. The van der Waals surface area contributed by atoms with Gasteiger partial charge in [0.1, 0.15) is 11.5 Å². The topological polar surface area (TPSA) is 95.8 Å². The predicted octanol–water partition coefficient (Wildman–Crippen LogP) is 4.87. The third kappa shape index (κ3) is 7.58. The second-order valence-corrected chi connectivity index (χ2v) is 10.9. The fourth-order valence-electron chi connectivity index (χ4n) is 5.23. The second kappa shape index (κ2) is 13.2. The minimum Gasteiger partial charge on any atom is -0.460 e. The molecule has 3 heterocycles. The van der Waals surface area contributed by atoms with Crippen molar-refractivity contribution in [1.82, 2.24) is 14.8 Å². The van der Waals surface area contributed by atoms with Gasteiger partial charge in [-0.25, -0.2) is 0 Å². The number of amides is 1. The summed E-state index contributed by atoms with van der Waals surface area (Å²) in [7, 11) is 0. The van der Waals surface area contributed by atoms with Gasteiger partial charge >= 0.3 is 0 Å². The van der Waals surface area contributed by atoms with Crippen LogP contribution in [0.5, 0.6) is 0 Å². The molecule has 208 valence electrons. The predicted molar refractivity (Wildman–Crippen MR) is 158 cm³/mol. The molecule has 1 fully saturated rings. The number of furan rings is 1. The minimum absolute atomic E-state index is 0.347. The first-order chi connectivity index (χ1) is 19.4. The van der Waals surface area contributed by atoms with E-state index in [0.717, 1.165) is 66.5 Å². The average Bonchev–Trinajstić information content (AvgIpc) is 3.43. The Morgan fingerprint density at radius 1 is 0.925 bits per heavy atom. The summed E-state index contributed by atoms with van der Waals surface area (Å²) < 4.78 is 6.06. The molecule has 0 bridgehead atoms. The summed E-state index contributed by atoms with van der Waals surface area (Å²) in [5.74, 6) is 0.962. The summed E-state index contributed by atoms with van der Waals surface area (Å²) >= 11 is 5.99. The lowest BCUT2D eigenvalue weighted by atomic mass is 9.92. The van der Waals surface area contributed by atoms with Crippen LogP contribution < -0.4 is 5.73 Å². The fourth-order valence-corrected chi connectivity index (χ4v) is 5.36. The van der Waals surface area contributed by atoms with Gasteiger partial charge in [-0.3, -0.25) is 19.6 Å². The Bertz CT molecular complexity index is 1370. The summed E-state index contributed by atoms with van der Waals surface area (Å²) in [6, 6.07) is 23.7. The van der Waals surface area contributed by atoms with Crippen molar-refractivity contribution in [3.63, 3.8) is 0 Å². The van der Waals surface area contributed by atoms with E-state index in [9.17, 15) is 9.90 Å². The third-order valence-electron chi connectivity index (χ3n) is 7.49. The number of primary amides is 1. The van der Waals surface area contributed by atoms with Crippen LogP contribution in [-0.2, 0) is 17.8 Å². The number of pyridine rings is 1. The number of benzene rings is 2. The number of carbonyl (C=O) groups is 1. The van der Waals surface area contributed by atoms with Crippen LogP contribution in [0.1, 0.15) is 17.7 Å². The van der Waals surface area contributed by atoms with Crippen LogP contribution in [-0.4, -0.2) is 64.6 Å². The van der Waals surface area contributed by atoms with Crippen LogP contribution in [0.3, 0.4) is 0 Å². The number of nitrogens with two attached hydrogens (primary N) is 1. The largest absolute Gasteiger partial charge is 0.460 e. The monoisotopic (exact) mass is 558 g/mol. The fraction of sp³-hybridized carbons (Fsp3) is 0.312. The molecule has 1 aliphatic heterocycles. The Kier molecular flexibility index (Phi) is 9.29. The van der Waals surface area contributed by atoms with Gasteiger partial charge in [-0.1, -0.05) is 41.9 Å². The first-order valence-corrected chi connectivity index (χ1v) is 14.1. The Morgan fingerprint density at radius 3 is 2.30 bits per heavy atom. The van der Waals surface area contributed by atoms with E-state index < -0.39 is 12.0 Å². The number of halogens is 1. The van der Waals surface area contributed by atoms with Gasteiger partial charge in [0.05, 0.1) is 12.6 Å². The zero-order valence-electron chi connectivity index (χ0n) is 22.5. The average molecular weight is 559 g/mol. The van der Waals surface area contributed by atoms with Gasteiger partial charge in [0.2, 0.25) is 5.91 Å². The van der Waals surface area contributed by atoms with Crippen molar-refractivity contribution in [3.05, 3.63) is 102 Å². The molecule has 1 saturated heterocycles. The number of nitrogens with zero attached hydrogens (tertiary/aromatic N) is 3. The Morgan fingerprint density at radius 2 is 1.62 bits per heavy atom. The number of rotatable bonds is 11. The molecule has 3 N–H and O–H groups in total. The lowest BCUT2D eigenvalue weighted by molar-refractivity contribution is -0.122. The maximum Gasteiger partial charge on any atom is 0.220 e. The molecule has 0 unspecified atom stereocenters. The molecule has 8 heteroatoms. The van der Waals surface area contributed by atoms with Crippen molar-refractivity contribution in [2.75, 3.05) is 32.7 Å².